The molecule has 1 aromatic rings. The third-order valence-corrected chi connectivity index (χ3v) is 4.53. The summed E-state index contributed by atoms with van der Waals surface area (Å²) in [5, 5.41) is 15.3. The highest BCUT2D eigenvalue weighted by atomic mass is 35.5. The molecule has 0 aromatic heterocycles. The molecule has 2 rings (SSSR count). The molecule has 132 valence electrons. The highest BCUT2D eigenvalue weighted by Crippen LogP contribution is 2.25. The number of urea groups is 1. The van der Waals surface area contributed by atoms with Crippen LogP contribution in [-0.4, -0.2) is 53.7 Å². The van der Waals surface area contributed by atoms with Gasteiger partial charge >= 0.3 is 12.0 Å². The van der Waals surface area contributed by atoms with Crippen molar-refractivity contribution in [2.75, 3.05) is 19.6 Å². The van der Waals surface area contributed by atoms with E-state index < -0.39 is 5.97 Å². The number of likely N-dealkylation sites (N-methyl/N-ethyl adjacent to an activating group) is 1. The Kier molecular flexibility index (Phi) is 6.87. The first-order chi connectivity index (χ1) is 11.5. The maximum Gasteiger partial charge on any atom is 0.317 e. The van der Waals surface area contributed by atoms with E-state index in [0.717, 1.165) is 24.8 Å². The molecule has 1 fully saturated rings. The average molecular weight is 354 g/mol. The van der Waals surface area contributed by atoms with Gasteiger partial charge in [-0.2, -0.15) is 0 Å². The molecule has 0 saturated heterocycles. The van der Waals surface area contributed by atoms with Crippen LogP contribution in [0.3, 0.4) is 0 Å². The fourth-order valence-electron chi connectivity index (χ4n) is 2.93. The molecule has 0 unspecified atom stereocenters. The first-order valence-corrected chi connectivity index (χ1v) is 8.60. The number of benzene rings is 1. The third-order valence-electron chi connectivity index (χ3n) is 4.30. The zero-order valence-corrected chi connectivity index (χ0v) is 14.6. The first kappa shape index (κ1) is 18.5. The Morgan fingerprint density at radius 2 is 2.12 bits per heavy atom. The lowest BCUT2D eigenvalue weighted by Crippen LogP contribution is -2.56. The van der Waals surface area contributed by atoms with Crippen molar-refractivity contribution in [1.82, 2.24) is 15.5 Å². The summed E-state index contributed by atoms with van der Waals surface area (Å²) in [4.78, 5) is 24.6. The van der Waals surface area contributed by atoms with Crippen molar-refractivity contribution in [2.45, 2.75) is 38.3 Å². The Hall–Kier alpha value is -1.79. The lowest BCUT2D eigenvalue weighted by atomic mass is 9.85. The highest BCUT2D eigenvalue weighted by molar-refractivity contribution is 6.30. The number of aliphatic carboxylic acids is 1. The van der Waals surface area contributed by atoms with Crippen LogP contribution in [-0.2, 0) is 11.2 Å². The largest absolute Gasteiger partial charge is 0.480 e. The third kappa shape index (κ3) is 5.69. The number of carbonyl (C=O) groups is 2. The minimum atomic E-state index is -0.813. The van der Waals surface area contributed by atoms with Gasteiger partial charge in [-0.15, -0.1) is 0 Å². The number of carboxylic acid groups (broad SMARTS) is 1. The van der Waals surface area contributed by atoms with Gasteiger partial charge in [0.2, 0.25) is 0 Å². The lowest BCUT2D eigenvalue weighted by molar-refractivity contribution is -0.139. The van der Waals surface area contributed by atoms with Crippen LogP contribution in [0.5, 0.6) is 0 Å². The van der Waals surface area contributed by atoms with Crippen molar-refractivity contribution < 1.29 is 14.7 Å². The molecule has 3 N–H and O–H groups in total. The number of carbonyl (C=O) groups excluding carboxylic acids is 1. The van der Waals surface area contributed by atoms with E-state index in [0.29, 0.717) is 18.1 Å². The summed E-state index contributed by atoms with van der Waals surface area (Å²) >= 11 is 5.92. The minimum absolute atomic E-state index is 0.0553. The molecule has 0 bridgehead atoms. The molecule has 0 aliphatic heterocycles. The summed E-state index contributed by atoms with van der Waals surface area (Å²) in [5.74, 6) is -0.813. The van der Waals surface area contributed by atoms with Crippen molar-refractivity contribution in [3.8, 4) is 0 Å². The van der Waals surface area contributed by atoms with Gasteiger partial charge < -0.3 is 15.7 Å². The van der Waals surface area contributed by atoms with Gasteiger partial charge in [-0.25, -0.2) is 4.79 Å². The molecule has 6 nitrogen and oxygen atoms in total. The van der Waals surface area contributed by atoms with Crippen molar-refractivity contribution in [1.29, 1.82) is 0 Å². The van der Waals surface area contributed by atoms with Crippen LogP contribution in [0, 0.1) is 0 Å². The second-order valence-corrected chi connectivity index (χ2v) is 6.50. The van der Waals surface area contributed by atoms with Gasteiger partial charge in [-0.05, 0) is 43.5 Å². The van der Waals surface area contributed by atoms with Crippen LogP contribution in [0.2, 0.25) is 5.02 Å². The molecule has 24 heavy (non-hydrogen) atoms. The molecule has 1 aromatic carbocycles. The van der Waals surface area contributed by atoms with Crippen molar-refractivity contribution in [2.24, 2.45) is 0 Å². The van der Waals surface area contributed by atoms with Gasteiger partial charge in [0.05, 0.1) is 6.54 Å². The molecular weight excluding hydrogens is 330 g/mol. The van der Waals surface area contributed by atoms with E-state index >= 15 is 0 Å². The lowest BCUT2D eigenvalue weighted by Gasteiger charge is -2.42. The maximum atomic E-state index is 11.9. The molecule has 1 aliphatic carbocycles. The van der Waals surface area contributed by atoms with E-state index in [9.17, 15) is 9.59 Å². The summed E-state index contributed by atoms with van der Waals surface area (Å²) in [5.41, 5.74) is 1.08. The summed E-state index contributed by atoms with van der Waals surface area (Å²) in [6, 6.07) is 7.75. The van der Waals surface area contributed by atoms with Crippen LogP contribution in [0.4, 0.5) is 4.79 Å². The second kappa shape index (κ2) is 8.89. The molecule has 0 spiro atoms. The summed E-state index contributed by atoms with van der Waals surface area (Å²) < 4.78 is 0. The number of hydrogen-bond donors (Lipinski definition) is 3. The van der Waals surface area contributed by atoms with Gasteiger partial charge in [0.15, 0.2) is 0 Å². The number of amides is 2. The first-order valence-electron chi connectivity index (χ1n) is 8.22. The zero-order valence-electron chi connectivity index (χ0n) is 13.8. The van der Waals surface area contributed by atoms with Crippen molar-refractivity contribution >= 4 is 23.6 Å². The maximum absolute atomic E-state index is 11.9. The number of rotatable bonds is 8. The number of halogens is 1. The van der Waals surface area contributed by atoms with Gasteiger partial charge in [-0.3, -0.25) is 9.69 Å². The van der Waals surface area contributed by atoms with E-state index in [1.807, 2.05) is 36.1 Å². The Bertz CT molecular complexity index is 576. The Morgan fingerprint density at radius 3 is 2.75 bits per heavy atom. The van der Waals surface area contributed by atoms with Crippen LogP contribution < -0.4 is 10.6 Å². The number of hydrogen-bond acceptors (Lipinski definition) is 3. The second-order valence-electron chi connectivity index (χ2n) is 6.06. The van der Waals surface area contributed by atoms with E-state index in [1.165, 1.54) is 0 Å². The van der Waals surface area contributed by atoms with Gasteiger partial charge in [0.1, 0.15) is 0 Å². The van der Waals surface area contributed by atoms with Gasteiger partial charge in [0.25, 0.3) is 0 Å². The topological polar surface area (TPSA) is 81.7 Å². The summed E-state index contributed by atoms with van der Waals surface area (Å²) in [7, 11) is 0. The summed E-state index contributed by atoms with van der Waals surface area (Å²) in [6.45, 7) is 3.25. The molecule has 2 amide bonds. The Balaban J connectivity index is 1.63. The van der Waals surface area contributed by atoms with Crippen molar-refractivity contribution in [3.05, 3.63) is 34.9 Å². The van der Waals surface area contributed by atoms with Gasteiger partial charge in [-0.1, -0.05) is 30.7 Å². The Labute approximate surface area is 147 Å². The van der Waals surface area contributed by atoms with Crippen LogP contribution in [0.1, 0.15) is 25.3 Å². The van der Waals surface area contributed by atoms with Crippen LogP contribution in [0.15, 0.2) is 24.3 Å². The van der Waals surface area contributed by atoms with Gasteiger partial charge in [0, 0.05) is 23.7 Å². The molecule has 1 aliphatic rings. The SMILES string of the molecule is CCN(CC(=O)O)C1CC(NC(=O)NCCc2cccc(Cl)c2)C1. The molecule has 7 heteroatoms. The molecule has 0 radical (unpaired) electrons. The van der Waals surface area contributed by atoms with E-state index in [1.54, 1.807) is 0 Å². The summed E-state index contributed by atoms with van der Waals surface area (Å²) in [6.07, 6.45) is 2.31. The average Bonchev–Trinajstić information content (AvgIpc) is 2.48. The molecule has 0 atom stereocenters. The Morgan fingerprint density at radius 1 is 1.38 bits per heavy atom. The molecular formula is C17H24ClN3O3. The van der Waals surface area contributed by atoms with E-state index in [2.05, 4.69) is 10.6 Å². The highest BCUT2D eigenvalue weighted by Gasteiger charge is 2.34. The van der Waals surface area contributed by atoms with E-state index in [-0.39, 0.29) is 24.7 Å². The minimum Gasteiger partial charge on any atom is -0.480 e. The number of carboxylic acids is 1. The van der Waals surface area contributed by atoms with Crippen LogP contribution in [0.25, 0.3) is 0 Å². The van der Waals surface area contributed by atoms with Crippen molar-refractivity contribution in [3.63, 3.8) is 0 Å². The number of nitrogens with one attached hydrogen (secondary N) is 2. The van der Waals surface area contributed by atoms with Crippen LogP contribution >= 0.6 is 11.6 Å². The smallest absolute Gasteiger partial charge is 0.317 e. The monoisotopic (exact) mass is 353 g/mol. The van der Waals surface area contributed by atoms with E-state index in [4.69, 9.17) is 16.7 Å². The molecule has 1 saturated carbocycles. The standard InChI is InChI=1S/C17H24ClN3O3/c1-2-21(11-16(22)23)15-9-14(10-15)20-17(24)19-7-6-12-4-3-5-13(18)8-12/h3-5,8,14-15H,2,6-7,9-11H2,1H3,(H,22,23)(H2,19,20,24). The fourth-order valence-corrected chi connectivity index (χ4v) is 3.14. The quantitative estimate of drug-likeness (QED) is 0.668. The number of nitrogens with zero attached hydrogens (tertiary/aromatic N) is 1. The zero-order chi connectivity index (χ0) is 17.5. The molecule has 0 heterocycles. The normalized spacial score (nSPS) is 19.6. The fraction of sp³-hybridized carbons (Fsp3) is 0.529. The predicted octanol–water partition coefficient (Wildman–Crippen LogP) is 2.12. The predicted molar refractivity (Wildman–Crippen MR) is 93.4 cm³/mol.